The number of aromatic nitrogens is 2. The van der Waals surface area contributed by atoms with E-state index in [1.165, 1.54) is 0 Å². The van der Waals surface area contributed by atoms with Gasteiger partial charge in [0.2, 0.25) is 0 Å². The normalized spacial score (nSPS) is 10.7. The largest absolute Gasteiger partial charge is 0.461 e. The van der Waals surface area contributed by atoms with Crippen LogP contribution in [0.25, 0.3) is 11.6 Å². The van der Waals surface area contributed by atoms with E-state index in [9.17, 15) is 0 Å². The molecule has 0 atom stereocenters. The number of anilines is 1. The van der Waals surface area contributed by atoms with Crippen molar-refractivity contribution < 1.29 is 4.42 Å². The van der Waals surface area contributed by atoms with Crippen LogP contribution >= 0.6 is 22.6 Å². The molecule has 0 saturated heterocycles. The average Bonchev–Trinajstić information content (AvgIpc) is 2.78. The van der Waals surface area contributed by atoms with Gasteiger partial charge in [-0.3, -0.25) is 0 Å². The Morgan fingerprint density at radius 3 is 2.72 bits per heavy atom. The summed E-state index contributed by atoms with van der Waals surface area (Å²) in [5.74, 6) is 2.27. The van der Waals surface area contributed by atoms with Crippen LogP contribution in [0.5, 0.6) is 0 Å². The Hall–Kier alpha value is -1.11. The number of aryl methyl sites for hydroxylation is 2. The summed E-state index contributed by atoms with van der Waals surface area (Å²) in [6, 6.07) is 1.93. The minimum atomic E-state index is 0.658. The molecule has 0 spiro atoms. The molecule has 2 aromatic rings. The first-order valence-corrected chi connectivity index (χ1v) is 7.03. The van der Waals surface area contributed by atoms with Gasteiger partial charge in [0.15, 0.2) is 11.6 Å². The van der Waals surface area contributed by atoms with E-state index in [1.54, 1.807) is 6.26 Å². The molecule has 96 valence electrons. The van der Waals surface area contributed by atoms with Crippen molar-refractivity contribution in [1.82, 2.24) is 9.97 Å². The minimum Gasteiger partial charge on any atom is -0.461 e. The van der Waals surface area contributed by atoms with Gasteiger partial charge in [-0.1, -0.05) is 13.3 Å². The van der Waals surface area contributed by atoms with E-state index in [0.717, 1.165) is 39.2 Å². The second-order valence-electron chi connectivity index (χ2n) is 4.09. The predicted molar refractivity (Wildman–Crippen MR) is 80.7 cm³/mol. The molecule has 0 aliphatic carbocycles. The summed E-state index contributed by atoms with van der Waals surface area (Å²) >= 11 is 2.29. The molecule has 0 fully saturated rings. The van der Waals surface area contributed by atoms with Crippen molar-refractivity contribution in [3.8, 4) is 11.6 Å². The van der Waals surface area contributed by atoms with E-state index < -0.39 is 0 Å². The summed E-state index contributed by atoms with van der Waals surface area (Å²) in [6.45, 7) is 4.15. The van der Waals surface area contributed by atoms with E-state index in [-0.39, 0.29) is 0 Å². The lowest BCUT2D eigenvalue weighted by molar-refractivity contribution is 0.575. The van der Waals surface area contributed by atoms with Crippen LogP contribution in [0.1, 0.15) is 24.6 Å². The molecule has 0 aromatic carbocycles. The highest BCUT2D eigenvalue weighted by Crippen LogP contribution is 2.26. The lowest BCUT2D eigenvalue weighted by atomic mass is 10.2. The summed E-state index contributed by atoms with van der Waals surface area (Å²) in [6.07, 6.45) is 3.68. The molecular formula is C13H16IN3O. The maximum atomic E-state index is 5.47. The van der Waals surface area contributed by atoms with Crippen molar-refractivity contribution in [2.24, 2.45) is 0 Å². The van der Waals surface area contributed by atoms with Gasteiger partial charge in [0.25, 0.3) is 0 Å². The maximum Gasteiger partial charge on any atom is 0.198 e. The van der Waals surface area contributed by atoms with Crippen LogP contribution < -0.4 is 5.32 Å². The van der Waals surface area contributed by atoms with Crippen LogP contribution in [0.2, 0.25) is 0 Å². The lowest BCUT2D eigenvalue weighted by Crippen LogP contribution is -2.05. The molecule has 18 heavy (non-hydrogen) atoms. The molecule has 2 rings (SSSR count). The molecule has 2 aromatic heterocycles. The molecular weight excluding hydrogens is 341 g/mol. The molecule has 0 aliphatic heterocycles. The van der Waals surface area contributed by atoms with E-state index in [0.29, 0.717) is 5.82 Å². The summed E-state index contributed by atoms with van der Waals surface area (Å²) in [5.41, 5.74) is 2.13. The number of furan rings is 1. The highest BCUT2D eigenvalue weighted by atomic mass is 127. The molecule has 0 amide bonds. The molecule has 0 radical (unpaired) electrons. The van der Waals surface area contributed by atoms with Crippen molar-refractivity contribution in [3.05, 3.63) is 27.2 Å². The first-order chi connectivity index (χ1) is 8.67. The molecule has 0 saturated carbocycles. The maximum absolute atomic E-state index is 5.47. The zero-order valence-electron chi connectivity index (χ0n) is 10.7. The van der Waals surface area contributed by atoms with Crippen molar-refractivity contribution in [2.45, 2.75) is 26.7 Å². The van der Waals surface area contributed by atoms with Gasteiger partial charge < -0.3 is 9.73 Å². The van der Waals surface area contributed by atoms with Gasteiger partial charge in [0, 0.05) is 7.05 Å². The highest BCUT2D eigenvalue weighted by molar-refractivity contribution is 14.1. The monoisotopic (exact) mass is 357 g/mol. The first-order valence-electron chi connectivity index (χ1n) is 5.96. The number of halogens is 1. The summed E-state index contributed by atoms with van der Waals surface area (Å²) in [4.78, 5) is 9.14. The molecule has 0 unspecified atom stereocenters. The topological polar surface area (TPSA) is 51.0 Å². The number of nitrogens with one attached hydrogen (secondary N) is 1. The number of rotatable bonds is 4. The van der Waals surface area contributed by atoms with Gasteiger partial charge in [-0.25, -0.2) is 9.97 Å². The second-order valence-corrected chi connectivity index (χ2v) is 5.17. The van der Waals surface area contributed by atoms with Gasteiger partial charge in [0.1, 0.15) is 5.82 Å². The zero-order chi connectivity index (χ0) is 13.1. The Kier molecular flexibility index (Phi) is 4.21. The van der Waals surface area contributed by atoms with Gasteiger partial charge in [-0.15, -0.1) is 0 Å². The van der Waals surface area contributed by atoms with Crippen LogP contribution in [-0.4, -0.2) is 17.0 Å². The summed E-state index contributed by atoms with van der Waals surface area (Å²) < 4.78 is 6.56. The number of hydrogen-bond donors (Lipinski definition) is 1. The van der Waals surface area contributed by atoms with E-state index >= 15 is 0 Å². The van der Waals surface area contributed by atoms with Crippen molar-refractivity contribution in [3.63, 3.8) is 0 Å². The smallest absolute Gasteiger partial charge is 0.198 e. The quantitative estimate of drug-likeness (QED) is 0.849. The minimum absolute atomic E-state index is 0.658. The fourth-order valence-electron chi connectivity index (χ4n) is 1.77. The van der Waals surface area contributed by atoms with Crippen LogP contribution in [0.3, 0.4) is 0 Å². The third-order valence-corrected chi connectivity index (χ3v) is 3.84. The predicted octanol–water partition coefficient (Wildman–Crippen LogP) is 3.64. The molecule has 5 heteroatoms. The van der Waals surface area contributed by atoms with Gasteiger partial charge in [-0.2, -0.15) is 0 Å². The van der Waals surface area contributed by atoms with E-state index in [2.05, 4.69) is 44.8 Å². The summed E-state index contributed by atoms with van der Waals surface area (Å²) in [7, 11) is 1.87. The standard InChI is InChI=1S/C13H16IN3O/c1-4-5-9-10(14)12(15-3)17-13(16-9)11-8(2)6-7-18-11/h6-7H,4-5H2,1-3H3,(H,15,16,17). The Morgan fingerprint density at radius 2 is 2.17 bits per heavy atom. The Morgan fingerprint density at radius 1 is 1.39 bits per heavy atom. The fraction of sp³-hybridized carbons (Fsp3) is 0.385. The third kappa shape index (κ3) is 2.50. The Balaban J connectivity index is 2.55. The van der Waals surface area contributed by atoms with Crippen molar-refractivity contribution in [1.29, 1.82) is 0 Å². The average molecular weight is 357 g/mol. The molecule has 4 nitrogen and oxygen atoms in total. The van der Waals surface area contributed by atoms with Crippen LogP contribution in [0.15, 0.2) is 16.7 Å². The third-order valence-electron chi connectivity index (χ3n) is 2.71. The van der Waals surface area contributed by atoms with Crippen molar-refractivity contribution >= 4 is 28.4 Å². The Bertz CT molecular complexity index is 551. The molecule has 0 aliphatic rings. The van der Waals surface area contributed by atoms with Gasteiger partial charge >= 0.3 is 0 Å². The van der Waals surface area contributed by atoms with Crippen LogP contribution in [0, 0.1) is 10.5 Å². The van der Waals surface area contributed by atoms with E-state index in [4.69, 9.17) is 4.42 Å². The van der Waals surface area contributed by atoms with Gasteiger partial charge in [-0.05, 0) is 47.6 Å². The number of nitrogens with zero attached hydrogens (tertiary/aromatic N) is 2. The van der Waals surface area contributed by atoms with Crippen LogP contribution in [-0.2, 0) is 6.42 Å². The van der Waals surface area contributed by atoms with Crippen LogP contribution in [0.4, 0.5) is 5.82 Å². The first kappa shape index (κ1) is 13.3. The number of hydrogen-bond acceptors (Lipinski definition) is 4. The molecule has 0 bridgehead atoms. The SMILES string of the molecule is CCCc1nc(-c2occc2C)nc(NC)c1I. The molecule has 2 heterocycles. The zero-order valence-corrected chi connectivity index (χ0v) is 12.9. The van der Waals surface area contributed by atoms with Crippen molar-refractivity contribution in [2.75, 3.05) is 12.4 Å². The fourth-order valence-corrected chi connectivity index (χ4v) is 2.55. The summed E-state index contributed by atoms with van der Waals surface area (Å²) in [5, 5.41) is 3.12. The Labute approximate surface area is 120 Å². The second kappa shape index (κ2) is 5.69. The van der Waals surface area contributed by atoms with Gasteiger partial charge in [0.05, 0.1) is 15.5 Å². The highest BCUT2D eigenvalue weighted by Gasteiger charge is 2.15. The van der Waals surface area contributed by atoms with E-state index in [1.807, 2.05) is 20.0 Å². The molecule has 1 N–H and O–H groups in total. The lowest BCUT2D eigenvalue weighted by Gasteiger charge is -2.09.